The van der Waals surface area contributed by atoms with Crippen LogP contribution in [0, 0.1) is 5.92 Å². The van der Waals surface area contributed by atoms with E-state index < -0.39 is 6.10 Å². The summed E-state index contributed by atoms with van der Waals surface area (Å²) in [6.45, 7) is 3.67. The van der Waals surface area contributed by atoms with Gasteiger partial charge in [-0.05, 0) is 49.8 Å². The summed E-state index contributed by atoms with van der Waals surface area (Å²) in [6.07, 6.45) is 6.64. The van der Waals surface area contributed by atoms with E-state index in [0.717, 1.165) is 19.3 Å². The minimum Gasteiger partial charge on any atom is -0.453 e. The summed E-state index contributed by atoms with van der Waals surface area (Å²) >= 11 is 0. The first-order valence-corrected chi connectivity index (χ1v) is 7.84. The quantitative estimate of drug-likeness (QED) is 0.646. The average molecular weight is 301 g/mol. The molecule has 0 aliphatic heterocycles. The zero-order chi connectivity index (χ0) is 15.9. The molecule has 1 aromatic rings. The number of rotatable bonds is 6. The molecule has 0 fully saturated rings. The zero-order valence-corrected chi connectivity index (χ0v) is 13.2. The van der Waals surface area contributed by atoms with Crippen molar-refractivity contribution in [1.29, 1.82) is 0 Å². The second-order valence-corrected chi connectivity index (χ2v) is 5.64. The number of aryl methyl sites for hydroxylation is 1. The summed E-state index contributed by atoms with van der Waals surface area (Å²) in [5.41, 5.74) is 1.92. The van der Waals surface area contributed by atoms with Gasteiger partial charge in [0.05, 0.1) is 6.42 Å². The normalized spacial score (nSPS) is 18.0. The van der Waals surface area contributed by atoms with E-state index in [1.807, 2.05) is 30.3 Å². The number of benzene rings is 1. The molecule has 2 atom stereocenters. The molecule has 1 amide bonds. The van der Waals surface area contributed by atoms with Crippen LogP contribution in [0.5, 0.6) is 0 Å². The summed E-state index contributed by atoms with van der Waals surface area (Å²) in [6, 6.07) is 7.65. The Hall–Kier alpha value is -2.10. The molecule has 0 aromatic heterocycles. The predicted octanol–water partition coefficient (Wildman–Crippen LogP) is 3.48. The number of esters is 1. The Morgan fingerprint density at radius 3 is 2.64 bits per heavy atom. The molecule has 0 spiro atoms. The lowest BCUT2D eigenvalue weighted by Gasteiger charge is -2.15. The minimum atomic E-state index is -0.788. The third-order valence-electron chi connectivity index (χ3n) is 3.85. The molecule has 4 nitrogen and oxygen atoms in total. The van der Waals surface area contributed by atoms with Crippen LogP contribution in [-0.4, -0.2) is 18.0 Å². The minimum absolute atomic E-state index is 0.254. The number of carbonyl (C=O) groups is 2. The third kappa shape index (κ3) is 4.72. The maximum absolute atomic E-state index is 12.0. The highest BCUT2D eigenvalue weighted by molar-refractivity contribution is 5.95. The number of nitrogens with one attached hydrogen (secondary N) is 1. The van der Waals surface area contributed by atoms with Crippen molar-refractivity contribution in [3.8, 4) is 0 Å². The first kappa shape index (κ1) is 16.3. The van der Waals surface area contributed by atoms with Gasteiger partial charge in [-0.25, -0.2) is 0 Å². The third-order valence-corrected chi connectivity index (χ3v) is 3.85. The van der Waals surface area contributed by atoms with Crippen molar-refractivity contribution in [2.75, 3.05) is 5.32 Å². The van der Waals surface area contributed by atoms with Crippen LogP contribution in [0.25, 0.3) is 0 Å². The Kier molecular flexibility index (Phi) is 5.75. The summed E-state index contributed by atoms with van der Waals surface area (Å²) in [5.74, 6) is -0.371. The Morgan fingerprint density at radius 2 is 2.05 bits per heavy atom. The van der Waals surface area contributed by atoms with Crippen LogP contribution < -0.4 is 5.32 Å². The SMILES string of the molecule is CCc1ccc(NC(=O)[C@H](C)OC(=O)C[C@@H]2C=CCC2)cc1. The molecular weight excluding hydrogens is 278 g/mol. The molecule has 0 unspecified atom stereocenters. The maximum Gasteiger partial charge on any atom is 0.307 e. The van der Waals surface area contributed by atoms with Gasteiger partial charge in [-0.2, -0.15) is 0 Å². The topological polar surface area (TPSA) is 55.4 Å². The summed E-state index contributed by atoms with van der Waals surface area (Å²) in [7, 11) is 0. The highest BCUT2D eigenvalue weighted by Crippen LogP contribution is 2.21. The van der Waals surface area contributed by atoms with Crippen molar-refractivity contribution in [1.82, 2.24) is 0 Å². The van der Waals surface area contributed by atoms with Crippen molar-refractivity contribution >= 4 is 17.6 Å². The molecule has 0 bridgehead atoms. The van der Waals surface area contributed by atoms with E-state index in [4.69, 9.17) is 4.74 Å². The number of anilines is 1. The van der Waals surface area contributed by atoms with Crippen LogP contribution in [0.2, 0.25) is 0 Å². The number of hydrogen-bond donors (Lipinski definition) is 1. The van der Waals surface area contributed by atoms with Crippen molar-refractivity contribution in [2.24, 2.45) is 5.92 Å². The predicted molar refractivity (Wildman–Crippen MR) is 86.5 cm³/mol. The van der Waals surface area contributed by atoms with Gasteiger partial charge in [-0.3, -0.25) is 9.59 Å². The number of amides is 1. The van der Waals surface area contributed by atoms with Gasteiger partial charge in [0.1, 0.15) is 0 Å². The molecule has 1 aromatic carbocycles. The first-order chi connectivity index (χ1) is 10.6. The van der Waals surface area contributed by atoms with Gasteiger partial charge in [0.15, 0.2) is 6.10 Å². The van der Waals surface area contributed by atoms with E-state index in [9.17, 15) is 9.59 Å². The monoisotopic (exact) mass is 301 g/mol. The zero-order valence-electron chi connectivity index (χ0n) is 13.2. The van der Waals surface area contributed by atoms with Gasteiger partial charge in [0.25, 0.3) is 5.91 Å². The number of carbonyl (C=O) groups excluding carboxylic acids is 2. The molecule has 2 rings (SSSR count). The van der Waals surface area contributed by atoms with Crippen LogP contribution in [0.4, 0.5) is 5.69 Å². The van der Waals surface area contributed by atoms with E-state index in [2.05, 4.69) is 18.3 Å². The van der Waals surface area contributed by atoms with E-state index in [-0.39, 0.29) is 17.8 Å². The average Bonchev–Trinajstić information content (AvgIpc) is 3.00. The van der Waals surface area contributed by atoms with Gasteiger partial charge in [0, 0.05) is 5.69 Å². The smallest absolute Gasteiger partial charge is 0.307 e. The van der Waals surface area contributed by atoms with Gasteiger partial charge in [-0.1, -0.05) is 31.2 Å². The molecule has 1 aliphatic carbocycles. The van der Waals surface area contributed by atoms with E-state index in [1.165, 1.54) is 5.56 Å². The molecule has 22 heavy (non-hydrogen) atoms. The number of ether oxygens (including phenoxy) is 1. The van der Waals surface area contributed by atoms with E-state index in [1.54, 1.807) is 6.92 Å². The van der Waals surface area contributed by atoms with Crippen LogP contribution in [0.15, 0.2) is 36.4 Å². The van der Waals surface area contributed by atoms with Crippen molar-refractivity contribution in [3.05, 3.63) is 42.0 Å². The fraction of sp³-hybridized carbons (Fsp3) is 0.444. The summed E-state index contributed by atoms with van der Waals surface area (Å²) in [4.78, 5) is 23.9. The van der Waals surface area contributed by atoms with Gasteiger partial charge >= 0.3 is 5.97 Å². The van der Waals surface area contributed by atoms with Crippen molar-refractivity contribution < 1.29 is 14.3 Å². The second-order valence-electron chi connectivity index (χ2n) is 5.64. The van der Waals surface area contributed by atoms with E-state index >= 15 is 0 Å². The van der Waals surface area contributed by atoms with Crippen LogP contribution >= 0.6 is 0 Å². The van der Waals surface area contributed by atoms with Gasteiger partial charge < -0.3 is 10.1 Å². The lowest BCUT2D eigenvalue weighted by Crippen LogP contribution is -2.30. The number of allylic oxidation sites excluding steroid dienone is 2. The molecule has 1 N–H and O–H groups in total. The molecular formula is C18H23NO3. The summed E-state index contributed by atoms with van der Waals surface area (Å²) in [5, 5.41) is 2.76. The Labute approximate surface area is 131 Å². The largest absolute Gasteiger partial charge is 0.453 e. The highest BCUT2D eigenvalue weighted by atomic mass is 16.5. The molecule has 0 heterocycles. The molecule has 118 valence electrons. The molecule has 0 saturated carbocycles. The first-order valence-electron chi connectivity index (χ1n) is 7.84. The lowest BCUT2D eigenvalue weighted by atomic mass is 10.1. The summed E-state index contributed by atoms with van der Waals surface area (Å²) < 4.78 is 5.21. The molecule has 1 aliphatic rings. The van der Waals surface area contributed by atoms with Crippen molar-refractivity contribution in [2.45, 2.75) is 45.6 Å². The van der Waals surface area contributed by atoms with E-state index in [0.29, 0.717) is 12.1 Å². The van der Waals surface area contributed by atoms with Crippen LogP contribution in [-0.2, 0) is 20.7 Å². The van der Waals surface area contributed by atoms with Crippen molar-refractivity contribution in [3.63, 3.8) is 0 Å². The Balaban J connectivity index is 1.80. The van der Waals surface area contributed by atoms with Gasteiger partial charge in [0.2, 0.25) is 0 Å². The maximum atomic E-state index is 12.0. The molecule has 0 radical (unpaired) electrons. The fourth-order valence-electron chi connectivity index (χ4n) is 2.45. The Bertz CT molecular complexity index is 548. The Morgan fingerprint density at radius 1 is 1.32 bits per heavy atom. The molecule has 4 heteroatoms. The van der Waals surface area contributed by atoms with Gasteiger partial charge in [-0.15, -0.1) is 0 Å². The lowest BCUT2D eigenvalue weighted by molar-refractivity contribution is -0.153. The number of hydrogen-bond acceptors (Lipinski definition) is 3. The standard InChI is InChI=1S/C18H23NO3/c1-3-14-8-10-16(11-9-14)19-18(21)13(2)22-17(20)12-15-6-4-5-7-15/h4,6,8-11,13,15H,3,5,7,12H2,1-2H3,(H,19,21)/t13-,15+/m0/s1. The fourth-order valence-corrected chi connectivity index (χ4v) is 2.45. The van der Waals surface area contributed by atoms with Crippen LogP contribution in [0.3, 0.4) is 0 Å². The highest BCUT2D eigenvalue weighted by Gasteiger charge is 2.21. The molecule has 0 saturated heterocycles. The second kappa shape index (κ2) is 7.78. The van der Waals surface area contributed by atoms with Crippen LogP contribution in [0.1, 0.15) is 38.7 Å².